The van der Waals surface area contributed by atoms with E-state index in [4.69, 9.17) is 0 Å². The second kappa shape index (κ2) is 3.49. The smallest absolute Gasteiger partial charge is 0.257 e. The molecule has 0 spiro atoms. The quantitative estimate of drug-likeness (QED) is 0.741. The van der Waals surface area contributed by atoms with Crippen LogP contribution in [-0.2, 0) is 0 Å². The zero-order chi connectivity index (χ0) is 7.68. The Kier molecular flexibility index (Phi) is 2.60. The highest BCUT2D eigenvalue weighted by Gasteiger charge is 1.93. The van der Waals surface area contributed by atoms with Crippen LogP contribution in [-0.4, -0.2) is 9.97 Å². The van der Waals surface area contributed by atoms with Gasteiger partial charge in [-0.05, 0) is 17.5 Å². The molecule has 2 rings (SSSR count). The van der Waals surface area contributed by atoms with Gasteiger partial charge in [0.25, 0.3) is 5.56 Å². The van der Waals surface area contributed by atoms with E-state index in [1.807, 2.05) is 12.1 Å². The second-order valence-corrected chi connectivity index (χ2v) is 2.27. The van der Waals surface area contributed by atoms with Crippen LogP contribution in [0.1, 0.15) is 0 Å². The fourth-order valence-electron chi connectivity index (χ4n) is 1.03. The van der Waals surface area contributed by atoms with E-state index >= 15 is 0 Å². The summed E-state index contributed by atoms with van der Waals surface area (Å²) >= 11 is 0. The molecule has 2 heterocycles. The molecule has 0 aromatic carbocycles. The van der Waals surface area contributed by atoms with E-state index in [9.17, 15) is 4.79 Å². The molecular weight excluding hydrogens is 220 g/mol. The molecule has 2 aromatic heterocycles. The van der Waals surface area contributed by atoms with Gasteiger partial charge in [0, 0.05) is 18.6 Å². The molecule has 0 unspecified atom stereocenters. The molecule has 0 saturated carbocycles. The minimum Gasteiger partial charge on any atom is -0.329 e. The van der Waals surface area contributed by atoms with Crippen molar-refractivity contribution in [3.8, 4) is 0 Å². The molecule has 0 radical (unpaired) electrons. The second-order valence-electron chi connectivity index (χ2n) is 2.27. The first-order valence-corrected chi connectivity index (χ1v) is 3.29. The lowest BCUT2D eigenvalue weighted by Crippen LogP contribution is -2.03. The average molecular weight is 227 g/mol. The monoisotopic (exact) mass is 226 g/mol. The molecular formula is C8H7BrN2O. The van der Waals surface area contributed by atoms with Crippen LogP contribution in [0.5, 0.6) is 0 Å². The highest BCUT2D eigenvalue weighted by atomic mass is 79.9. The van der Waals surface area contributed by atoms with Crippen molar-refractivity contribution in [2.45, 2.75) is 0 Å². The SMILES string of the molecule is Br.O=c1[nH]ccc2ccncc12. The van der Waals surface area contributed by atoms with Crippen LogP contribution in [0, 0.1) is 0 Å². The number of halogens is 1. The molecule has 0 amide bonds. The molecule has 0 aliphatic heterocycles. The van der Waals surface area contributed by atoms with E-state index in [2.05, 4.69) is 9.97 Å². The Morgan fingerprint density at radius 1 is 1.33 bits per heavy atom. The zero-order valence-electron chi connectivity index (χ0n) is 6.15. The molecule has 3 nitrogen and oxygen atoms in total. The fourth-order valence-corrected chi connectivity index (χ4v) is 1.03. The number of aromatic amines is 1. The molecule has 1 N–H and O–H groups in total. The maximum absolute atomic E-state index is 11.1. The van der Waals surface area contributed by atoms with Crippen molar-refractivity contribution in [1.82, 2.24) is 9.97 Å². The van der Waals surface area contributed by atoms with Gasteiger partial charge in [-0.25, -0.2) is 0 Å². The molecule has 2 aromatic rings. The Hall–Kier alpha value is -1.16. The summed E-state index contributed by atoms with van der Waals surface area (Å²) in [5, 5.41) is 1.55. The highest BCUT2D eigenvalue weighted by molar-refractivity contribution is 8.93. The summed E-state index contributed by atoms with van der Waals surface area (Å²) in [6.07, 6.45) is 4.86. The summed E-state index contributed by atoms with van der Waals surface area (Å²) in [6.45, 7) is 0. The van der Waals surface area contributed by atoms with Gasteiger partial charge >= 0.3 is 0 Å². The fraction of sp³-hybridized carbons (Fsp3) is 0. The average Bonchev–Trinajstić information content (AvgIpc) is 2.06. The number of hydrogen-bond acceptors (Lipinski definition) is 2. The van der Waals surface area contributed by atoms with Crippen LogP contribution in [0.15, 0.2) is 35.5 Å². The Balaban J connectivity index is 0.000000720. The summed E-state index contributed by atoms with van der Waals surface area (Å²) in [4.78, 5) is 17.5. The van der Waals surface area contributed by atoms with Gasteiger partial charge in [-0.3, -0.25) is 9.78 Å². The lowest BCUT2D eigenvalue weighted by molar-refractivity contribution is 1.26. The summed E-state index contributed by atoms with van der Waals surface area (Å²) in [5.41, 5.74) is -0.0874. The van der Waals surface area contributed by atoms with E-state index in [1.54, 1.807) is 18.6 Å². The Morgan fingerprint density at radius 2 is 2.17 bits per heavy atom. The summed E-state index contributed by atoms with van der Waals surface area (Å²) in [5.74, 6) is 0. The van der Waals surface area contributed by atoms with Gasteiger partial charge in [-0.15, -0.1) is 17.0 Å². The van der Waals surface area contributed by atoms with E-state index in [1.165, 1.54) is 0 Å². The number of H-pyrrole nitrogens is 1. The Bertz CT molecular complexity index is 433. The summed E-state index contributed by atoms with van der Waals surface area (Å²) in [7, 11) is 0. The van der Waals surface area contributed by atoms with Gasteiger partial charge in [-0.2, -0.15) is 0 Å². The maximum Gasteiger partial charge on any atom is 0.257 e. The van der Waals surface area contributed by atoms with E-state index in [0.29, 0.717) is 5.39 Å². The molecule has 62 valence electrons. The molecule has 0 atom stereocenters. The third-order valence-corrected chi connectivity index (χ3v) is 1.58. The van der Waals surface area contributed by atoms with Gasteiger partial charge in [0.15, 0.2) is 0 Å². The number of nitrogens with one attached hydrogen (secondary N) is 1. The standard InChI is InChI=1S/C8H6N2O.BrH/c11-8-7-5-9-3-1-6(7)2-4-10-8;/h1-5H,(H,10,11);1H. The third-order valence-electron chi connectivity index (χ3n) is 1.58. The molecule has 0 aliphatic carbocycles. The molecule has 12 heavy (non-hydrogen) atoms. The lowest BCUT2D eigenvalue weighted by Gasteiger charge is -1.91. The zero-order valence-corrected chi connectivity index (χ0v) is 7.86. The van der Waals surface area contributed by atoms with E-state index in [-0.39, 0.29) is 22.5 Å². The number of nitrogens with zero attached hydrogens (tertiary/aromatic N) is 1. The lowest BCUT2D eigenvalue weighted by atomic mass is 10.2. The van der Waals surface area contributed by atoms with Crippen molar-refractivity contribution in [3.05, 3.63) is 41.1 Å². The molecule has 0 bridgehead atoms. The molecule has 4 heteroatoms. The minimum atomic E-state index is -0.0874. The first-order valence-electron chi connectivity index (χ1n) is 3.29. The topological polar surface area (TPSA) is 45.8 Å². The van der Waals surface area contributed by atoms with Crippen LogP contribution in [0.25, 0.3) is 10.8 Å². The van der Waals surface area contributed by atoms with Gasteiger partial charge in [0.2, 0.25) is 0 Å². The Labute approximate surface area is 79.2 Å². The van der Waals surface area contributed by atoms with Crippen LogP contribution in [0.2, 0.25) is 0 Å². The van der Waals surface area contributed by atoms with Crippen molar-refractivity contribution in [2.75, 3.05) is 0 Å². The first kappa shape index (κ1) is 8.93. The normalized spacial score (nSPS) is 9.33. The third kappa shape index (κ3) is 1.38. The van der Waals surface area contributed by atoms with E-state index in [0.717, 1.165) is 5.39 Å². The summed E-state index contributed by atoms with van der Waals surface area (Å²) in [6, 6.07) is 3.66. The van der Waals surface area contributed by atoms with Crippen molar-refractivity contribution in [1.29, 1.82) is 0 Å². The predicted molar refractivity (Wildman–Crippen MR) is 52.7 cm³/mol. The predicted octanol–water partition coefficient (Wildman–Crippen LogP) is 1.50. The van der Waals surface area contributed by atoms with Crippen molar-refractivity contribution >= 4 is 27.8 Å². The first-order chi connectivity index (χ1) is 5.38. The van der Waals surface area contributed by atoms with Crippen LogP contribution in [0.4, 0.5) is 0 Å². The van der Waals surface area contributed by atoms with Crippen molar-refractivity contribution in [2.24, 2.45) is 0 Å². The highest BCUT2D eigenvalue weighted by Crippen LogP contribution is 2.03. The minimum absolute atomic E-state index is 0. The van der Waals surface area contributed by atoms with Crippen LogP contribution < -0.4 is 5.56 Å². The molecule has 0 fully saturated rings. The largest absolute Gasteiger partial charge is 0.329 e. The van der Waals surface area contributed by atoms with Gasteiger partial charge in [-0.1, -0.05) is 0 Å². The van der Waals surface area contributed by atoms with Gasteiger partial charge in [0.1, 0.15) is 0 Å². The number of pyridine rings is 2. The molecule has 0 aliphatic rings. The molecule has 0 saturated heterocycles. The number of hydrogen-bond donors (Lipinski definition) is 1. The van der Waals surface area contributed by atoms with Gasteiger partial charge < -0.3 is 4.98 Å². The van der Waals surface area contributed by atoms with Crippen molar-refractivity contribution < 1.29 is 0 Å². The summed E-state index contributed by atoms with van der Waals surface area (Å²) < 4.78 is 0. The number of fused-ring (bicyclic) bond motifs is 1. The number of aromatic nitrogens is 2. The maximum atomic E-state index is 11.1. The van der Waals surface area contributed by atoms with E-state index < -0.39 is 0 Å². The van der Waals surface area contributed by atoms with Gasteiger partial charge in [0.05, 0.1) is 5.39 Å². The number of rotatable bonds is 0. The van der Waals surface area contributed by atoms with Crippen LogP contribution >= 0.6 is 17.0 Å². The van der Waals surface area contributed by atoms with Crippen LogP contribution in [0.3, 0.4) is 0 Å². The van der Waals surface area contributed by atoms with Crippen molar-refractivity contribution in [3.63, 3.8) is 0 Å². The Morgan fingerprint density at radius 3 is 2.92 bits per heavy atom.